The van der Waals surface area contributed by atoms with E-state index in [9.17, 15) is 0 Å². The number of para-hydroxylation sites is 1. The van der Waals surface area contributed by atoms with Crippen LogP contribution in [0.2, 0.25) is 5.02 Å². The Labute approximate surface area is 156 Å². The highest BCUT2D eigenvalue weighted by Gasteiger charge is 2.40. The summed E-state index contributed by atoms with van der Waals surface area (Å²) in [6, 6.07) is 20.2. The summed E-state index contributed by atoms with van der Waals surface area (Å²) in [5.41, 5.74) is 4.35. The molecular weight excluding hydrogens is 346 g/mol. The van der Waals surface area contributed by atoms with Crippen LogP contribution in [0.25, 0.3) is 0 Å². The van der Waals surface area contributed by atoms with E-state index in [0.717, 1.165) is 34.0 Å². The van der Waals surface area contributed by atoms with E-state index in [0.29, 0.717) is 0 Å². The van der Waals surface area contributed by atoms with Crippen molar-refractivity contribution >= 4 is 17.3 Å². The molecule has 4 nitrogen and oxygen atoms in total. The number of pyridine rings is 1. The van der Waals surface area contributed by atoms with Gasteiger partial charge in [0, 0.05) is 35.0 Å². The van der Waals surface area contributed by atoms with Crippen molar-refractivity contribution < 1.29 is 4.74 Å². The summed E-state index contributed by atoms with van der Waals surface area (Å²) < 4.78 is 6.31. The van der Waals surface area contributed by atoms with E-state index in [4.69, 9.17) is 21.4 Å². The van der Waals surface area contributed by atoms with Gasteiger partial charge in [0.05, 0.1) is 11.8 Å². The first-order chi connectivity index (χ1) is 12.8. The van der Waals surface area contributed by atoms with Crippen LogP contribution in [0.3, 0.4) is 0 Å². The van der Waals surface area contributed by atoms with E-state index in [1.165, 1.54) is 5.56 Å². The average molecular weight is 362 g/mol. The van der Waals surface area contributed by atoms with Crippen molar-refractivity contribution in [1.82, 2.24) is 9.99 Å². The molecule has 2 atom stereocenters. The molecular formula is C21H16ClN3O. The van der Waals surface area contributed by atoms with Crippen LogP contribution in [0.5, 0.6) is 5.75 Å². The van der Waals surface area contributed by atoms with Gasteiger partial charge in [-0.3, -0.25) is 4.98 Å². The van der Waals surface area contributed by atoms with Crippen molar-refractivity contribution in [3.63, 3.8) is 0 Å². The number of hydrogen-bond acceptors (Lipinski definition) is 4. The summed E-state index contributed by atoms with van der Waals surface area (Å²) in [7, 11) is 0. The van der Waals surface area contributed by atoms with Crippen LogP contribution in [0.1, 0.15) is 35.4 Å². The zero-order valence-corrected chi connectivity index (χ0v) is 14.7. The molecule has 2 aliphatic rings. The largest absolute Gasteiger partial charge is 0.464 e. The molecule has 5 rings (SSSR count). The molecule has 0 N–H and O–H groups in total. The number of rotatable bonds is 2. The standard InChI is InChI=1S/C21H16ClN3O/c22-16-7-5-14(6-8-16)18-13-19-17-3-1-2-4-20(17)26-21(25(19)24-18)15-9-11-23-12-10-15/h1-12,19,21H,13H2/t19-,21-/m1/s1. The summed E-state index contributed by atoms with van der Waals surface area (Å²) in [5.74, 6) is 0.920. The second kappa shape index (κ2) is 6.15. The molecule has 0 bridgehead atoms. The van der Waals surface area contributed by atoms with E-state index in [1.54, 1.807) is 12.4 Å². The number of benzene rings is 2. The Bertz CT molecular complexity index is 972. The first-order valence-corrected chi connectivity index (χ1v) is 8.95. The fraction of sp³-hybridized carbons (Fsp3) is 0.143. The van der Waals surface area contributed by atoms with Gasteiger partial charge in [-0.2, -0.15) is 5.10 Å². The highest BCUT2D eigenvalue weighted by Crippen LogP contribution is 2.47. The lowest BCUT2D eigenvalue weighted by atomic mass is 9.96. The Hall–Kier alpha value is -2.85. The van der Waals surface area contributed by atoms with Crippen LogP contribution in [0.15, 0.2) is 78.2 Å². The quantitative estimate of drug-likeness (QED) is 0.646. The summed E-state index contributed by atoms with van der Waals surface area (Å²) >= 11 is 6.03. The third-order valence-electron chi connectivity index (χ3n) is 4.87. The maximum Gasteiger partial charge on any atom is 0.213 e. The number of aromatic nitrogens is 1. The minimum Gasteiger partial charge on any atom is -0.464 e. The predicted molar refractivity (Wildman–Crippen MR) is 101 cm³/mol. The second-order valence-electron chi connectivity index (χ2n) is 6.44. The molecule has 0 radical (unpaired) electrons. The van der Waals surface area contributed by atoms with E-state index in [1.807, 2.05) is 54.6 Å². The summed E-state index contributed by atoms with van der Waals surface area (Å²) in [6.45, 7) is 0. The van der Waals surface area contributed by atoms with Crippen LogP contribution in [-0.4, -0.2) is 15.7 Å². The molecule has 0 saturated carbocycles. The van der Waals surface area contributed by atoms with E-state index >= 15 is 0 Å². The lowest BCUT2D eigenvalue weighted by molar-refractivity contribution is -0.0190. The third kappa shape index (κ3) is 2.54. The lowest BCUT2D eigenvalue weighted by Gasteiger charge is -2.38. The molecule has 0 spiro atoms. The van der Waals surface area contributed by atoms with Crippen molar-refractivity contribution in [1.29, 1.82) is 0 Å². The van der Waals surface area contributed by atoms with Gasteiger partial charge in [0.2, 0.25) is 6.23 Å². The molecule has 128 valence electrons. The molecule has 0 unspecified atom stereocenters. The Morgan fingerprint density at radius 3 is 2.54 bits per heavy atom. The molecule has 5 heteroatoms. The summed E-state index contributed by atoms with van der Waals surface area (Å²) in [4.78, 5) is 4.12. The summed E-state index contributed by atoms with van der Waals surface area (Å²) in [6.07, 6.45) is 4.15. The van der Waals surface area contributed by atoms with Gasteiger partial charge in [-0.25, -0.2) is 5.01 Å². The van der Waals surface area contributed by atoms with E-state index in [-0.39, 0.29) is 12.3 Å². The van der Waals surface area contributed by atoms with Crippen molar-refractivity contribution in [3.8, 4) is 5.75 Å². The van der Waals surface area contributed by atoms with Crippen molar-refractivity contribution in [2.75, 3.05) is 0 Å². The van der Waals surface area contributed by atoms with Gasteiger partial charge in [0.1, 0.15) is 5.75 Å². The minimum absolute atomic E-state index is 0.156. The van der Waals surface area contributed by atoms with Gasteiger partial charge in [-0.05, 0) is 35.9 Å². The fourth-order valence-corrected chi connectivity index (χ4v) is 3.73. The number of ether oxygens (including phenoxy) is 1. The number of halogens is 1. The first-order valence-electron chi connectivity index (χ1n) is 8.57. The molecule has 2 aromatic carbocycles. The van der Waals surface area contributed by atoms with Crippen LogP contribution >= 0.6 is 11.6 Å². The van der Waals surface area contributed by atoms with Crippen molar-refractivity contribution in [2.24, 2.45) is 5.10 Å². The maximum absolute atomic E-state index is 6.31. The predicted octanol–water partition coefficient (Wildman–Crippen LogP) is 4.98. The lowest BCUT2D eigenvalue weighted by Crippen LogP contribution is -2.33. The van der Waals surface area contributed by atoms with Gasteiger partial charge in [-0.1, -0.05) is 41.9 Å². The monoisotopic (exact) mass is 361 g/mol. The SMILES string of the molecule is Clc1ccc(C2=NN3[C@H](C2)c2ccccc2O[C@@H]3c2ccncc2)cc1. The Morgan fingerprint density at radius 1 is 0.962 bits per heavy atom. The Balaban J connectivity index is 1.59. The Kier molecular flexibility index (Phi) is 3.64. The topological polar surface area (TPSA) is 37.7 Å². The number of fused-ring (bicyclic) bond motifs is 3. The molecule has 3 heterocycles. The molecule has 0 amide bonds. The molecule has 1 aromatic heterocycles. The number of nitrogens with zero attached hydrogens (tertiary/aromatic N) is 3. The Morgan fingerprint density at radius 2 is 1.73 bits per heavy atom. The van der Waals surface area contributed by atoms with E-state index in [2.05, 4.69) is 16.1 Å². The van der Waals surface area contributed by atoms with Crippen molar-refractivity contribution in [3.05, 3.63) is 94.8 Å². The van der Waals surface area contributed by atoms with Crippen LogP contribution in [0, 0.1) is 0 Å². The number of hydrogen-bond donors (Lipinski definition) is 0. The molecule has 3 aromatic rings. The molecule has 0 aliphatic carbocycles. The summed E-state index contributed by atoms with van der Waals surface area (Å²) in [5, 5.41) is 7.73. The third-order valence-corrected chi connectivity index (χ3v) is 5.12. The zero-order valence-electron chi connectivity index (χ0n) is 13.9. The molecule has 26 heavy (non-hydrogen) atoms. The van der Waals surface area contributed by atoms with Crippen LogP contribution < -0.4 is 4.74 Å². The number of hydrazone groups is 1. The second-order valence-corrected chi connectivity index (χ2v) is 6.88. The zero-order chi connectivity index (χ0) is 17.5. The van der Waals surface area contributed by atoms with Crippen LogP contribution in [0.4, 0.5) is 0 Å². The molecule has 0 fully saturated rings. The smallest absolute Gasteiger partial charge is 0.213 e. The highest BCUT2D eigenvalue weighted by molar-refractivity contribution is 6.30. The van der Waals surface area contributed by atoms with Crippen LogP contribution in [-0.2, 0) is 0 Å². The minimum atomic E-state index is -0.261. The maximum atomic E-state index is 6.31. The van der Waals surface area contributed by atoms with Crippen molar-refractivity contribution in [2.45, 2.75) is 18.7 Å². The highest BCUT2D eigenvalue weighted by atomic mass is 35.5. The average Bonchev–Trinajstić information content (AvgIpc) is 3.14. The fourth-order valence-electron chi connectivity index (χ4n) is 3.60. The van der Waals surface area contributed by atoms with Gasteiger partial charge < -0.3 is 4.74 Å². The van der Waals surface area contributed by atoms with Gasteiger partial charge in [0.25, 0.3) is 0 Å². The van der Waals surface area contributed by atoms with Gasteiger partial charge in [0.15, 0.2) is 0 Å². The first kappa shape index (κ1) is 15.4. The molecule has 2 aliphatic heterocycles. The molecule has 0 saturated heterocycles. The van der Waals surface area contributed by atoms with Gasteiger partial charge >= 0.3 is 0 Å². The van der Waals surface area contributed by atoms with Gasteiger partial charge in [-0.15, -0.1) is 0 Å². The van der Waals surface area contributed by atoms with E-state index < -0.39 is 0 Å². The normalized spacial score (nSPS) is 20.8.